The van der Waals surface area contributed by atoms with Crippen molar-refractivity contribution in [2.24, 2.45) is 0 Å². The number of likely N-dealkylation sites (N-methyl/N-ethyl adjacent to an activating group) is 1. The summed E-state index contributed by atoms with van der Waals surface area (Å²) in [7, 11) is 3.22. The number of hydrogen-bond acceptors (Lipinski definition) is 3. The van der Waals surface area contributed by atoms with Crippen molar-refractivity contribution < 1.29 is 14.3 Å². The number of hydrogen-bond donors (Lipinski definition) is 1. The highest BCUT2D eigenvalue weighted by atomic mass is 16.5. The van der Waals surface area contributed by atoms with E-state index in [0.29, 0.717) is 24.3 Å². The molecule has 0 atom stereocenters. The summed E-state index contributed by atoms with van der Waals surface area (Å²) < 4.78 is 5.13. The van der Waals surface area contributed by atoms with Crippen LogP contribution in [-0.2, 0) is 22.4 Å². The van der Waals surface area contributed by atoms with Crippen molar-refractivity contribution in [2.45, 2.75) is 26.2 Å². The zero-order valence-corrected chi connectivity index (χ0v) is 15.6. The van der Waals surface area contributed by atoms with Gasteiger partial charge in [0.2, 0.25) is 11.8 Å². The van der Waals surface area contributed by atoms with Crippen LogP contribution in [0, 0.1) is 0 Å². The monoisotopic (exact) mass is 354 g/mol. The van der Waals surface area contributed by atoms with Gasteiger partial charge in [-0.15, -0.1) is 0 Å². The molecule has 0 aromatic heterocycles. The number of nitrogens with one attached hydrogen (secondary N) is 1. The number of amides is 2. The van der Waals surface area contributed by atoms with E-state index < -0.39 is 0 Å². The predicted molar refractivity (Wildman–Crippen MR) is 103 cm³/mol. The van der Waals surface area contributed by atoms with Crippen LogP contribution >= 0.6 is 0 Å². The Hall–Kier alpha value is -2.82. The number of aryl methyl sites for hydroxylation is 2. The third-order valence-electron chi connectivity index (χ3n) is 4.22. The first kappa shape index (κ1) is 19.5. The van der Waals surface area contributed by atoms with Gasteiger partial charge in [0.15, 0.2) is 0 Å². The number of ether oxygens (including phenoxy) is 1. The van der Waals surface area contributed by atoms with Crippen LogP contribution in [0.4, 0.5) is 5.69 Å². The summed E-state index contributed by atoms with van der Waals surface area (Å²) in [6, 6.07) is 15.4. The first-order valence-corrected chi connectivity index (χ1v) is 8.77. The Morgan fingerprint density at radius 2 is 1.77 bits per heavy atom. The topological polar surface area (TPSA) is 58.6 Å². The largest absolute Gasteiger partial charge is 0.497 e. The quantitative estimate of drug-likeness (QED) is 0.791. The van der Waals surface area contributed by atoms with Crippen molar-refractivity contribution in [3.05, 3.63) is 59.7 Å². The minimum Gasteiger partial charge on any atom is -0.497 e. The lowest BCUT2D eigenvalue weighted by molar-refractivity contribution is -0.133. The number of methoxy groups -OCH3 is 1. The lowest BCUT2D eigenvalue weighted by Gasteiger charge is -2.17. The molecule has 2 rings (SSSR count). The Balaban J connectivity index is 1.80. The Labute approximate surface area is 155 Å². The standard InChI is InChI=1S/C21H26N2O3/c1-4-16-8-10-17(11-9-16)12-13-21(25)23(2)15-20(24)22-18-6-5-7-19(14-18)26-3/h5-11,14H,4,12-13,15H2,1-3H3,(H,22,24). The third kappa shape index (κ3) is 5.92. The second kappa shape index (κ2) is 9.61. The zero-order chi connectivity index (χ0) is 18.9. The average Bonchev–Trinajstić information content (AvgIpc) is 2.66. The van der Waals surface area contributed by atoms with E-state index in [0.717, 1.165) is 12.0 Å². The van der Waals surface area contributed by atoms with Gasteiger partial charge in [-0.05, 0) is 36.1 Å². The molecule has 0 aliphatic heterocycles. The maximum Gasteiger partial charge on any atom is 0.243 e. The number of rotatable bonds is 8. The molecule has 1 N–H and O–H groups in total. The molecular weight excluding hydrogens is 328 g/mol. The third-order valence-corrected chi connectivity index (χ3v) is 4.22. The second-order valence-electron chi connectivity index (χ2n) is 6.20. The van der Waals surface area contributed by atoms with Crippen LogP contribution in [0.1, 0.15) is 24.5 Å². The summed E-state index contributed by atoms with van der Waals surface area (Å²) >= 11 is 0. The van der Waals surface area contributed by atoms with Crippen LogP contribution in [0.15, 0.2) is 48.5 Å². The SMILES string of the molecule is CCc1ccc(CCC(=O)N(C)CC(=O)Nc2cccc(OC)c2)cc1. The van der Waals surface area contributed by atoms with Crippen LogP contribution < -0.4 is 10.1 Å². The highest BCUT2D eigenvalue weighted by Gasteiger charge is 2.13. The van der Waals surface area contributed by atoms with Gasteiger partial charge >= 0.3 is 0 Å². The molecule has 0 radical (unpaired) electrons. The molecule has 0 aliphatic carbocycles. The molecule has 26 heavy (non-hydrogen) atoms. The molecule has 0 unspecified atom stereocenters. The molecule has 0 saturated heterocycles. The summed E-state index contributed by atoms with van der Waals surface area (Å²) in [4.78, 5) is 25.8. The molecule has 138 valence electrons. The van der Waals surface area contributed by atoms with E-state index in [1.807, 2.05) is 0 Å². The molecule has 5 heteroatoms. The molecule has 2 amide bonds. The number of carbonyl (C=O) groups excluding carboxylic acids is 2. The molecule has 2 aromatic carbocycles. The summed E-state index contributed by atoms with van der Waals surface area (Å²) in [6.07, 6.45) is 2.06. The Kier molecular flexibility index (Phi) is 7.21. The Morgan fingerprint density at radius 1 is 1.08 bits per heavy atom. The lowest BCUT2D eigenvalue weighted by atomic mass is 10.1. The molecule has 0 fully saturated rings. The molecule has 0 spiro atoms. The fourth-order valence-electron chi connectivity index (χ4n) is 2.59. The predicted octanol–water partition coefficient (Wildman–Crippen LogP) is 3.29. The van der Waals surface area contributed by atoms with Crippen LogP contribution in [0.25, 0.3) is 0 Å². The number of anilines is 1. The maximum absolute atomic E-state index is 12.3. The van der Waals surface area contributed by atoms with Crippen LogP contribution in [0.5, 0.6) is 5.75 Å². The fourth-order valence-corrected chi connectivity index (χ4v) is 2.59. The van der Waals surface area contributed by atoms with Gasteiger partial charge in [0.25, 0.3) is 0 Å². The summed E-state index contributed by atoms with van der Waals surface area (Å²) in [5, 5.41) is 2.78. The van der Waals surface area contributed by atoms with E-state index in [2.05, 4.69) is 36.5 Å². The first-order valence-electron chi connectivity index (χ1n) is 8.77. The second-order valence-corrected chi connectivity index (χ2v) is 6.20. The highest BCUT2D eigenvalue weighted by Crippen LogP contribution is 2.16. The number of benzene rings is 2. The number of nitrogens with zero attached hydrogens (tertiary/aromatic N) is 1. The molecule has 0 aliphatic rings. The van der Waals surface area contributed by atoms with Gasteiger partial charge in [0.05, 0.1) is 13.7 Å². The van der Waals surface area contributed by atoms with E-state index in [1.165, 1.54) is 10.5 Å². The van der Waals surface area contributed by atoms with Crippen molar-refractivity contribution >= 4 is 17.5 Å². The van der Waals surface area contributed by atoms with Gasteiger partial charge in [-0.1, -0.05) is 37.3 Å². The van der Waals surface area contributed by atoms with Gasteiger partial charge in [-0.2, -0.15) is 0 Å². The van der Waals surface area contributed by atoms with E-state index in [9.17, 15) is 9.59 Å². The molecule has 0 saturated carbocycles. The normalized spacial score (nSPS) is 10.3. The highest BCUT2D eigenvalue weighted by molar-refractivity contribution is 5.94. The van der Waals surface area contributed by atoms with Gasteiger partial charge < -0.3 is 15.0 Å². The smallest absolute Gasteiger partial charge is 0.243 e. The van der Waals surface area contributed by atoms with Crippen LogP contribution in [0.2, 0.25) is 0 Å². The summed E-state index contributed by atoms with van der Waals surface area (Å²) in [5.74, 6) is 0.382. The molecule has 0 heterocycles. The van der Waals surface area contributed by atoms with E-state index in [1.54, 1.807) is 38.4 Å². The fraction of sp³-hybridized carbons (Fsp3) is 0.333. The van der Waals surface area contributed by atoms with Crippen molar-refractivity contribution in [1.82, 2.24) is 4.90 Å². The summed E-state index contributed by atoms with van der Waals surface area (Å²) in [5.41, 5.74) is 3.06. The lowest BCUT2D eigenvalue weighted by Crippen LogP contribution is -2.35. The number of carbonyl (C=O) groups is 2. The van der Waals surface area contributed by atoms with E-state index >= 15 is 0 Å². The molecular formula is C21H26N2O3. The minimum absolute atomic E-state index is 0.0187. The molecule has 5 nitrogen and oxygen atoms in total. The maximum atomic E-state index is 12.3. The minimum atomic E-state index is -0.235. The van der Waals surface area contributed by atoms with Crippen molar-refractivity contribution in [3.8, 4) is 5.75 Å². The van der Waals surface area contributed by atoms with Gasteiger partial charge in [-0.3, -0.25) is 9.59 Å². The van der Waals surface area contributed by atoms with Crippen LogP contribution in [-0.4, -0.2) is 37.4 Å². The van der Waals surface area contributed by atoms with E-state index in [-0.39, 0.29) is 18.4 Å². The van der Waals surface area contributed by atoms with Gasteiger partial charge in [-0.25, -0.2) is 0 Å². The first-order chi connectivity index (χ1) is 12.5. The van der Waals surface area contributed by atoms with Gasteiger partial charge in [0.1, 0.15) is 5.75 Å². The van der Waals surface area contributed by atoms with Crippen molar-refractivity contribution in [3.63, 3.8) is 0 Å². The average molecular weight is 354 g/mol. The van der Waals surface area contributed by atoms with Crippen molar-refractivity contribution in [1.29, 1.82) is 0 Å². The van der Waals surface area contributed by atoms with E-state index in [4.69, 9.17) is 4.74 Å². The zero-order valence-electron chi connectivity index (χ0n) is 15.6. The van der Waals surface area contributed by atoms with Gasteiger partial charge in [0, 0.05) is 25.2 Å². The summed E-state index contributed by atoms with van der Waals surface area (Å²) in [6.45, 7) is 2.13. The molecule has 2 aromatic rings. The Bertz CT molecular complexity index is 741. The molecule has 0 bridgehead atoms. The van der Waals surface area contributed by atoms with Crippen molar-refractivity contribution in [2.75, 3.05) is 26.0 Å². The Morgan fingerprint density at radius 3 is 2.42 bits per heavy atom. The van der Waals surface area contributed by atoms with Crippen LogP contribution in [0.3, 0.4) is 0 Å².